The quantitative estimate of drug-likeness (QED) is 0.616. The fraction of sp³-hybridized carbons (Fsp3) is 0.556. The van der Waals surface area contributed by atoms with Gasteiger partial charge in [0.15, 0.2) is 0 Å². The zero-order valence-corrected chi connectivity index (χ0v) is 8.92. The predicted molar refractivity (Wildman–Crippen MR) is 57.3 cm³/mol. The Labute approximate surface area is 92.2 Å². The van der Waals surface area contributed by atoms with Crippen molar-refractivity contribution in [1.29, 1.82) is 0 Å². The van der Waals surface area contributed by atoms with Crippen LogP contribution < -0.4 is 5.32 Å². The highest BCUT2D eigenvalue weighted by atomic mass is 32.2. The van der Waals surface area contributed by atoms with Crippen LogP contribution >= 0.6 is 11.8 Å². The minimum atomic E-state index is -1.05. The SMILES string of the molecule is C#CCN(CC(=O)O)C(=O)C1CSCN1. The number of aliphatic carboxylic acids is 1. The number of nitrogens with zero attached hydrogens (tertiary/aromatic N) is 1. The maximum atomic E-state index is 11.8. The zero-order chi connectivity index (χ0) is 11.3. The molecule has 1 saturated heterocycles. The lowest BCUT2D eigenvalue weighted by atomic mass is 10.3. The number of carbonyl (C=O) groups excluding carboxylic acids is 1. The number of rotatable bonds is 4. The third-order valence-corrected chi connectivity index (χ3v) is 2.87. The van der Waals surface area contributed by atoms with E-state index in [4.69, 9.17) is 11.5 Å². The minimum absolute atomic E-state index is 0.0357. The zero-order valence-electron chi connectivity index (χ0n) is 8.10. The van der Waals surface area contributed by atoms with E-state index in [2.05, 4.69) is 11.2 Å². The molecule has 1 fully saturated rings. The van der Waals surface area contributed by atoms with Crippen molar-refractivity contribution in [2.75, 3.05) is 24.7 Å². The maximum absolute atomic E-state index is 11.8. The van der Waals surface area contributed by atoms with E-state index in [1.807, 2.05) is 0 Å². The maximum Gasteiger partial charge on any atom is 0.323 e. The summed E-state index contributed by atoms with van der Waals surface area (Å²) in [5.74, 6) is 2.38. The van der Waals surface area contributed by atoms with Crippen LogP contribution in [0.2, 0.25) is 0 Å². The summed E-state index contributed by atoms with van der Waals surface area (Å²) < 4.78 is 0. The molecule has 5 nitrogen and oxygen atoms in total. The van der Waals surface area contributed by atoms with Gasteiger partial charge in [-0.1, -0.05) is 5.92 Å². The number of nitrogens with one attached hydrogen (secondary N) is 1. The van der Waals surface area contributed by atoms with Crippen molar-refractivity contribution in [3.8, 4) is 12.3 Å². The molecule has 1 rings (SSSR count). The number of carboxylic acid groups (broad SMARTS) is 1. The Morgan fingerprint density at radius 2 is 2.40 bits per heavy atom. The Balaban J connectivity index is 2.57. The lowest BCUT2D eigenvalue weighted by molar-refractivity contribution is -0.144. The monoisotopic (exact) mass is 228 g/mol. The second kappa shape index (κ2) is 5.63. The molecule has 82 valence electrons. The average molecular weight is 228 g/mol. The lowest BCUT2D eigenvalue weighted by Gasteiger charge is -2.21. The Morgan fingerprint density at radius 3 is 2.87 bits per heavy atom. The molecule has 0 aromatic heterocycles. The molecule has 0 aromatic rings. The van der Waals surface area contributed by atoms with Gasteiger partial charge in [-0.3, -0.25) is 14.9 Å². The second-order valence-corrected chi connectivity index (χ2v) is 4.09. The molecule has 1 unspecified atom stereocenters. The molecule has 1 heterocycles. The van der Waals surface area contributed by atoms with Crippen LogP contribution in [0.5, 0.6) is 0 Å². The van der Waals surface area contributed by atoms with Crippen molar-refractivity contribution in [1.82, 2.24) is 10.2 Å². The molecule has 1 aliphatic rings. The fourth-order valence-corrected chi connectivity index (χ4v) is 2.19. The first-order chi connectivity index (χ1) is 7.15. The van der Waals surface area contributed by atoms with Gasteiger partial charge < -0.3 is 10.0 Å². The van der Waals surface area contributed by atoms with E-state index in [0.717, 1.165) is 0 Å². The Bertz CT molecular complexity index is 294. The van der Waals surface area contributed by atoms with Crippen LogP contribution in [-0.4, -0.2) is 52.6 Å². The van der Waals surface area contributed by atoms with Crippen molar-refractivity contribution in [3.63, 3.8) is 0 Å². The largest absolute Gasteiger partial charge is 0.480 e. The molecular formula is C9H12N2O3S. The number of hydrogen-bond donors (Lipinski definition) is 2. The highest BCUT2D eigenvalue weighted by molar-refractivity contribution is 7.99. The average Bonchev–Trinajstić information content (AvgIpc) is 2.68. The Kier molecular flexibility index (Phi) is 4.46. The Hall–Kier alpha value is -1.19. The third kappa shape index (κ3) is 3.46. The molecule has 6 heteroatoms. The van der Waals surface area contributed by atoms with Gasteiger partial charge in [0.25, 0.3) is 0 Å². The van der Waals surface area contributed by atoms with Crippen molar-refractivity contribution in [2.45, 2.75) is 6.04 Å². The highest BCUT2D eigenvalue weighted by Crippen LogP contribution is 2.11. The first-order valence-electron chi connectivity index (χ1n) is 4.40. The Morgan fingerprint density at radius 1 is 1.67 bits per heavy atom. The van der Waals surface area contributed by atoms with E-state index in [0.29, 0.717) is 11.6 Å². The van der Waals surface area contributed by atoms with Crippen LogP contribution in [0.15, 0.2) is 0 Å². The van der Waals surface area contributed by atoms with Gasteiger partial charge in [0.1, 0.15) is 6.54 Å². The van der Waals surface area contributed by atoms with Crippen LogP contribution in [0.3, 0.4) is 0 Å². The topological polar surface area (TPSA) is 69.6 Å². The molecule has 1 atom stereocenters. The van der Waals surface area contributed by atoms with Gasteiger partial charge in [-0.15, -0.1) is 18.2 Å². The van der Waals surface area contributed by atoms with Gasteiger partial charge in [0.2, 0.25) is 5.91 Å². The summed E-state index contributed by atoms with van der Waals surface area (Å²) in [5, 5.41) is 11.6. The second-order valence-electron chi connectivity index (χ2n) is 3.06. The molecule has 0 bridgehead atoms. The van der Waals surface area contributed by atoms with E-state index < -0.39 is 5.97 Å². The normalized spacial score (nSPS) is 19.5. The lowest BCUT2D eigenvalue weighted by Crippen LogP contribution is -2.47. The summed E-state index contributed by atoms with van der Waals surface area (Å²) in [6.07, 6.45) is 5.08. The highest BCUT2D eigenvalue weighted by Gasteiger charge is 2.27. The molecular weight excluding hydrogens is 216 g/mol. The van der Waals surface area contributed by atoms with Crippen LogP contribution in [0.1, 0.15) is 0 Å². The number of thioether (sulfide) groups is 1. The van der Waals surface area contributed by atoms with Crippen LogP contribution in [-0.2, 0) is 9.59 Å². The van der Waals surface area contributed by atoms with Gasteiger partial charge >= 0.3 is 5.97 Å². The van der Waals surface area contributed by atoms with E-state index in [-0.39, 0.29) is 25.0 Å². The van der Waals surface area contributed by atoms with Gasteiger partial charge in [-0.25, -0.2) is 0 Å². The summed E-state index contributed by atoms with van der Waals surface area (Å²) in [4.78, 5) is 23.5. The number of amides is 1. The molecule has 1 amide bonds. The summed E-state index contributed by atoms with van der Waals surface area (Å²) >= 11 is 1.61. The summed E-state index contributed by atoms with van der Waals surface area (Å²) in [7, 11) is 0. The molecule has 1 aliphatic heterocycles. The standard InChI is InChI=1S/C9H12N2O3S/c1-2-3-11(4-8(12)13)9(14)7-5-15-6-10-7/h1,7,10H,3-6H2,(H,12,13). The fourth-order valence-electron chi connectivity index (χ4n) is 1.26. The third-order valence-electron chi connectivity index (χ3n) is 1.93. The van der Waals surface area contributed by atoms with E-state index in [1.165, 1.54) is 4.90 Å². The van der Waals surface area contributed by atoms with Gasteiger partial charge in [-0.05, 0) is 0 Å². The van der Waals surface area contributed by atoms with Crippen molar-refractivity contribution < 1.29 is 14.7 Å². The number of hydrogen-bond acceptors (Lipinski definition) is 4. The van der Waals surface area contributed by atoms with Crippen LogP contribution in [0.25, 0.3) is 0 Å². The van der Waals surface area contributed by atoms with Crippen LogP contribution in [0, 0.1) is 12.3 Å². The first-order valence-corrected chi connectivity index (χ1v) is 5.55. The van der Waals surface area contributed by atoms with Gasteiger partial charge in [0, 0.05) is 11.6 Å². The molecule has 0 aliphatic carbocycles. The van der Waals surface area contributed by atoms with E-state index >= 15 is 0 Å². The molecule has 15 heavy (non-hydrogen) atoms. The predicted octanol–water partition coefficient (Wildman–Crippen LogP) is -0.805. The summed E-state index contributed by atoms with van der Waals surface area (Å²) in [6, 6.07) is -0.303. The van der Waals surface area contributed by atoms with Crippen molar-refractivity contribution in [3.05, 3.63) is 0 Å². The smallest absolute Gasteiger partial charge is 0.323 e. The molecule has 0 spiro atoms. The number of terminal acetylenes is 1. The minimum Gasteiger partial charge on any atom is -0.480 e. The molecule has 0 radical (unpaired) electrons. The summed E-state index contributed by atoms with van der Waals surface area (Å²) in [6.45, 7) is -0.306. The van der Waals surface area contributed by atoms with E-state index in [1.54, 1.807) is 11.8 Å². The molecule has 0 saturated carbocycles. The van der Waals surface area contributed by atoms with Gasteiger partial charge in [0.05, 0.1) is 12.6 Å². The molecule has 2 N–H and O–H groups in total. The summed E-state index contributed by atoms with van der Waals surface area (Å²) in [5.41, 5.74) is 0. The number of carbonyl (C=O) groups is 2. The first kappa shape index (κ1) is 11.9. The number of carboxylic acids is 1. The van der Waals surface area contributed by atoms with Crippen molar-refractivity contribution >= 4 is 23.6 Å². The van der Waals surface area contributed by atoms with Crippen molar-refractivity contribution in [2.24, 2.45) is 0 Å². The van der Waals surface area contributed by atoms with Gasteiger partial charge in [-0.2, -0.15) is 0 Å². The van der Waals surface area contributed by atoms with E-state index in [9.17, 15) is 9.59 Å². The van der Waals surface area contributed by atoms with Crippen LogP contribution in [0.4, 0.5) is 0 Å². The molecule has 0 aromatic carbocycles.